The van der Waals surface area contributed by atoms with Crippen LogP contribution >= 0.6 is 0 Å². The van der Waals surface area contributed by atoms with E-state index in [4.69, 9.17) is 29.8 Å². The Morgan fingerprint density at radius 3 is 2.53 bits per heavy atom. The van der Waals surface area contributed by atoms with Crippen LogP contribution in [-0.2, 0) is 28.5 Å². The van der Waals surface area contributed by atoms with E-state index in [0.29, 0.717) is 16.9 Å². The quantitative estimate of drug-likeness (QED) is 0.0206. The summed E-state index contributed by atoms with van der Waals surface area (Å²) in [6.07, 6.45) is -1.70. The molecule has 0 amide bonds. The van der Waals surface area contributed by atoms with Crippen LogP contribution in [0.1, 0.15) is 6.42 Å². The molecule has 18 heteroatoms. The van der Waals surface area contributed by atoms with E-state index in [1.165, 1.54) is 18.2 Å². The largest absolute Gasteiger partial charge is 0.478 e. The van der Waals surface area contributed by atoms with Gasteiger partial charge in [0, 0.05) is 19.1 Å². The first-order valence-electron chi connectivity index (χ1n) is 14.6. The Bertz CT molecular complexity index is 1300. The number of quaternary nitrogens is 1. The molecular formula is C29H43N4O14+. The molecule has 0 spiro atoms. The summed E-state index contributed by atoms with van der Waals surface area (Å²) in [5, 5.41) is 82.1. The fourth-order valence-electron chi connectivity index (χ4n) is 5.20. The second-order valence-electron chi connectivity index (χ2n) is 10.8. The van der Waals surface area contributed by atoms with E-state index < -0.39 is 67.1 Å². The molecule has 3 aliphatic heterocycles. The van der Waals surface area contributed by atoms with Gasteiger partial charge in [0.1, 0.15) is 37.1 Å². The first kappa shape index (κ1) is 37.8. The lowest BCUT2D eigenvalue weighted by Gasteiger charge is -2.46. The molecule has 0 aromatic heterocycles. The number of aliphatic hydroxyl groups excluding tert-OH is 5. The van der Waals surface area contributed by atoms with Crippen LogP contribution in [0, 0.1) is 11.8 Å². The number of carbonyl (C=O) groups excluding carboxylic acids is 1. The molecule has 47 heavy (non-hydrogen) atoms. The van der Waals surface area contributed by atoms with Crippen LogP contribution in [0.5, 0.6) is 0 Å². The zero-order chi connectivity index (χ0) is 34.9. The molecule has 1 saturated heterocycles. The Hall–Kier alpha value is -3.69. The normalized spacial score (nSPS) is 31.1. The zero-order valence-corrected chi connectivity index (χ0v) is 25.6. The van der Waals surface area contributed by atoms with E-state index in [-0.39, 0.29) is 55.7 Å². The molecule has 0 aliphatic carbocycles. The number of methoxy groups -OCH3 is 1. The van der Waals surface area contributed by atoms with Crippen LogP contribution in [0.2, 0.25) is 0 Å². The third-order valence-corrected chi connectivity index (χ3v) is 7.73. The number of guanidine groups is 1. The molecule has 18 nitrogen and oxygen atoms in total. The Kier molecular flexibility index (Phi) is 13.6. The number of carboxylic acid groups (broad SMARTS) is 1. The van der Waals surface area contributed by atoms with Crippen molar-refractivity contribution in [2.45, 2.75) is 43.1 Å². The first-order valence-corrected chi connectivity index (χ1v) is 14.6. The molecule has 8 unspecified atom stereocenters. The Morgan fingerprint density at radius 2 is 1.94 bits per heavy atom. The van der Waals surface area contributed by atoms with Crippen molar-refractivity contribution in [1.82, 2.24) is 5.32 Å². The number of nitrogens with zero attached hydrogens (tertiary/aromatic N) is 1. The van der Waals surface area contributed by atoms with Crippen molar-refractivity contribution in [1.29, 1.82) is 0 Å². The van der Waals surface area contributed by atoms with E-state index in [2.05, 4.69) is 16.9 Å². The van der Waals surface area contributed by atoms with Gasteiger partial charge in [-0.2, -0.15) is 0 Å². The summed E-state index contributed by atoms with van der Waals surface area (Å²) in [6, 6.07) is 0. The Labute approximate surface area is 269 Å². The second kappa shape index (κ2) is 16.9. The summed E-state index contributed by atoms with van der Waals surface area (Å²) in [7, 11) is 1.15. The smallest absolute Gasteiger partial charge is 0.339 e. The van der Waals surface area contributed by atoms with Crippen molar-refractivity contribution >= 4 is 17.9 Å². The molecule has 0 saturated carbocycles. The topological polar surface area (TPSA) is 288 Å². The molecule has 0 bridgehead atoms. The zero-order valence-electron chi connectivity index (χ0n) is 25.6. The predicted molar refractivity (Wildman–Crippen MR) is 159 cm³/mol. The van der Waals surface area contributed by atoms with Gasteiger partial charge in [0.15, 0.2) is 18.4 Å². The number of aliphatic hydroxyl groups is 7. The minimum absolute atomic E-state index is 0.0142. The number of carbonyl (C=O) groups is 2. The number of hydrogen-bond acceptors (Lipinski definition) is 14. The number of aliphatic imine (C=N–C) groups is 1. The van der Waals surface area contributed by atoms with Gasteiger partial charge >= 0.3 is 11.9 Å². The number of rotatable bonds is 14. The summed E-state index contributed by atoms with van der Waals surface area (Å²) in [4.78, 5) is 29.8. The molecule has 1 fully saturated rings. The van der Waals surface area contributed by atoms with Crippen molar-refractivity contribution in [2.24, 2.45) is 22.6 Å². The highest BCUT2D eigenvalue weighted by Gasteiger charge is 2.56. The van der Waals surface area contributed by atoms with E-state index in [9.17, 15) is 45.3 Å². The number of carboxylic acids is 1. The van der Waals surface area contributed by atoms with Crippen LogP contribution in [0.25, 0.3) is 0 Å². The molecule has 12 N–H and O–H groups in total. The molecular weight excluding hydrogens is 628 g/mol. The monoisotopic (exact) mass is 671 g/mol. The summed E-state index contributed by atoms with van der Waals surface area (Å²) in [6.45, 7) is 2.89. The number of ether oxygens (including phenoxy) is 4. The van der Waals surface area contributed by atoms with Crippen molar-refractivity contribution in [3.05, 3.63) is 59.7 Å². The lowest BCUT2D eigenvalue weighted by Crippen LogP contribution is -3.09. The highest BCUT2D eigenvalue weighted by Crippen LogP contribution is 2.37. The number of nitrogens with one attached hydrogen (secondary N) is 2. The molecule has 0 aromatic rings. The number of esters is 1. The lowest BCUT2D eigenvalue weighted by molar-refractivity contribution is -0.843. The molecule has 0 radical (unpaired) electrons. The van der Waals surface area contributed by atoms with Crippen molar-refractivity contribution < 1.29 is 74.3 Å². The molecule has 3 heterocycles. The minimum atomic E-state index is -3.13. The van der Waals surface area contributed by atoms with Crippen LogP contribution in [-0.4, -0.2) is 142 Å². The van der Waals surface area contributed by atoms with Crippen LogP contribution < -0.4 is 16.0 Å². The van der Waals surface area contributed by atoms with Crippen LogP contribution in [0.3, 0.4) is 0 Å². The fourth-order valence-corrected chi connectivity index (χ4v) is 5.20. The average molecular weight is 672 g/mol. The third-order valence-electron chi connectivity index (χ3n) is 7.73. The van der Waals surface area contributed by atoms with Gasteiger partial charge in [-0.15, -0.1) is 6.58 Å². The summed E-state index contributed by atoms with van der Waals surface area (Å²) >= 11 is 0. The van der Waals surface area contributed by atoms with Gasteiger partial charge in [-0.25, -0.2) is 9.59 Å². The van der Waals surface area contributed by atoms with Crippen LogP contribution in [0.15, 0.2) is 64.7 Å². The van der Waals surface area contributed by atoms with Crippen molar-refractivity contribution in [3.8, 4) is 0 Å². The Balaban J connectivity index is 2.02. The molecule has 0 aromatic carbocycles. The number of allylic oxidation sites excluding steroid dienone is 2. The summed E-state index contributed by atoms with van der Waals surface area (Å²) < 4.78 is 21.6. The molecule has 8 atom stereocenters. The molecule has 3 aliphatic rings. The SMILES string of the molecule is C=CC1C(OC2OC(CO)C(O)C(O)(O)C2O)OC=C(C(=O)OC)C1C=CC1=C[NH+](CCO)CC(C(=O)O)=C1NC(N)=NCCCO. The first-order chi connectivity index (χ1) is 22.3. The van der Waals surface area contributed by atoms with E-state index in [1.807, 2.05) is 0 Å². The van der Waals surface area contributed by atoms with Crippen molar-refractivity contribution in [2.75, 3.05) is 46.6 Å². The standard InChI is InChI=1S/C29H42N4O14/c1-3-16-17(6-5-15-11-33(8-10-35)12-18(24(39)40)21(15)32-28(30)31-7-4-9-34)19(25(41)44-2)14-45-26(16)47-27-23(38)29(42,43)22(37)20(13-36)46-27/h3,5-6,11,14,16-17,20,22-23,26-27,34-38,42-43H,1,4,7-10,12-13H2,2H3,(H,39,40)(H3,30,31,32)/p+1. The predicted octanol–water partition coefficient (Wildman–Crippen LogP) is -5.09. The highest BCUT2D eigenvalue weighted by atomic mass is 16.8. The highest BCUT2D eigenvalue weighted by molar-refractivity contribution is 5.92. The minimum Gasteiger partial charge on any atom is -0.478 e. The average Bonchev–Trinajstić information content (AvgIpc) is 3.04. The number of hydrogen-bond donors (Lipinski definition) is 11. The maximum absolute atomic E-state index is 12.8. The van der Waals surface area contributed by atoms with E-state index in [1.54, 1.807) is 6.20 Å². The maximum Gasteiger partial charge on any atom is 0.339 e. The van der Waals surface area contributed by atoms with Gasteiger partial charge in [0.25, 0.3) is 0 Å². The van der Waals surface area contributed by atoms with Gasteiger partial charge in [-0.1, -0.05) is 18.2 Å². The van der Waals surface area contributed by atoms with E-state index >= 15 is 0 Å². The third kappa shape index (κ3) is 8.82. The Morgan fingerprint density at radius 1 is 1.21 bits per heavy atom. The van der Waals surface area contributed by atoms with Gasteiger partial charge in [-0.3, -0.25) is 4.99 Å². The number of nitrogens with two attached hydrogens (primary N) is 1. The van der Waals surface area contributed by atoms with E-state index in [0.717, 1.165) is 13.4 Å². The maximum atomic E-state index is 12.8. The molecule has 262 valence electrons. The summed E-state index contributed by atoms with van der Waals surface area (Å²) in [5.74, 6) is -7.19. The number of aliphatic carboxylic acids is 1. The fraction of sp³-hybridized carbons (Fsp3) is 0.552. The van der Waals surface area contributed by atoms with Gasteiger partial charge in [-0.05, 0) is 6.42 Å². The van der Waals surface area contributed by atoms with Gasteiger partial charge in [0.05, 0.1) is 49.3 Å². The van der Waals surface area contributed by atoms with Crippen LogP contribution in [0.4, 0.5) is 0 Å². The molecule has 3 rings (SSSR count). The second-order valence-corrected chi connectivity index (χ2v) is 10.8. The van der Waals surface area contributed by atoms with Gasteiger partial charge < -0.3 is 75.8 Å². The van der Waals surface area contributed by atoms with Gasteiger partial charge in [0.2, 0.25) is 12.1 Å². The lowest BCUT2D eigenvalue weighted by atomic mass is 9.83. The summed E-state index contributed by atoms with van der Waals surface area (Å²) in [5.41, 5.74) is 6.30. The van der Waals surface area contributed by atoms with Crippen molar-refractivity contribution in [3.63, 3.8) is 0 Å².